The highest BCUT2D eigenvalue weighted by molar-refractivity contribution is 9.10. The molecule has 4 heteroatoms. The number of hydrogen-bond donors (Lipinski definition) is 2. The third-order valence-corrected chi connectivity index (χ3v) is 2.35. The molecule has 14 heavy (non-hydrogen) atoms. The minimum Gasteiger partial charge on any atom is -0.271 e. The Hall–Kier alpha value is -0.890. The van der Waals surface area contributed by atoms with Gasteiger partial charge in [0.1, 0.15) is 0 Å². The maximum Gasteiger partial charge on any atom is 0.0641 e. The number of hydrazine groups is 1. The fourth-order valence-electron chi connectivity index (χ4n) is 1.14. The summed E-state index contributed by atoms with van der Waals surface area (Å²) in [5, 5.41) is 0. The average molecular weight is 254 g/mol. The van der Waals surface area contributed by atoms with E-state index in [2.05, 4.69) is 32.3 Å². The van der Waals surface area contributed by atoms with Crippen LogP contribution in [0.4, 0.5) is 0 Å². The molecule has 3 nitrogen and oxygen atoms in total. The van der Waals surface area contributed by atoms with Gasteiger partial charge in [0, 0.05) is 17.1 Å². The molecule has 0 aliphatic carbocycles. The van der Waals surface area contributed by atoms with Gasteiger partial charge in [-0.15, -0.1) is 12.3 Å². The van der Waals surface area contributed by atoms with Gasteiger partial charge >= 0.3 is 0 Å². The Morgan fingerprint density at radius 3 is 2.93 bits per heavy atom. The highest BCUT2D eigenvalue weighted by atomic mass is 79.9. The van der Waals surface area contributed by atoms with Crippen LogP contribution in [0.5, 0.6) is 0 Å². The van der Waals surface area contributed by atoms with E-state index >= 15 is 0 Å². The van der Waals surface area contributed by atoms with Crippen molar-refractivity contribution in [1.29, 1.82) is 0 Å². The SMILES string of the molecule is C#CCCC(NN)c1ccc(Br)cn1. The van der Waals surface area contributed by atoms with Crippen LogP contribution in [0.15, 0.2) is 22.8 Å². The molecule has 1 unspecified atom stereocenters. The topological polar surface area (TPSA) is 50.9 Å². The molecule has 0 fully saturated rings. The van der Waals surface area contributed by atoms with Crippen molar-refractivity contribution < 1.29 is 0 Å². The summed E-state index contributed by atoms with van der Waals surface area (Å²) in [5.74, 6) is 7.99. The van der Waals surface area contributed by atoms with Gasteiger partial charge in [-0.3, -0.25) is 16.3 Å². The van der Waals surface area contributed by atoms with E-state index in [0.717, 1.165) is 16.6 Å². The highest BCUT2D eigenvalue weighted by Gasteiger charge is 2.09. The van der Waals surface area contributed by atoms with E-state index in [0.29, 0.717) is 6.42 Å². The number of nitrogens with one attached hydrogen (secondary N) is 1. The fourth-order valence-corrected chi connectivity index (χ4v) is 1.37. The maximum absolute atomic E-state index is 5.41. The van der Waals surface area contributed by atoms with Gasteiger partial charge in [-0.25, -0.2) is 0 Å². The molecule has 1 aromatic rings. The molecule has 0 aromatic carbocycles. The zero-order chi connectivity index (χ0) is 10.4. The van der Waals surface area contributed by atoms with Crippen LogP contribution in [0.25, 0.3) is 0 Å². The van der Waals surface area contributed by atoms with E-state index in [1.807, 2.05) is 12.1 Å². The summed E-state index contributed by atoms with van der Waals surface area (Å²) in [7, 11) is 0. The first-order chi connectivity index (χ1) is 6.77. The lowest BCUT2D eigenvalue weighted by Crippen LogP contribution is -2.28. The molecule has 0 bridgehead atoms. The van der Waals surface area contributed by atoms with E-state index < -0.39 is 0 Å². The third kappa shape index (κ3) is 3.11. The van der Waals surface area contributed by atoms with E-state index in [4.69, 9.17) is 12.3 Å². The minimum atomic E-state index is 0.0270. The Morgan fingerprint density at radius 2 is 2.43 bits per heavy atom. The molecule has 74 valence electrons. The third-order valence-electron chi connectivity index (χ3n) is 1.89. The van der Waals surface area contributed by atoms with Crippen molar-refractivity contribution in [3.05, 3.63) is 28.5 Å². The van der Waals surface area contributed by atoms with E-state index in [-0.39, 0.29) is 6.04 Å². The number of aromatic nitrogens is 1. The summed E-state index contributed by atoms with van der Waals surface area (Å²) in [6, 6.07) is 3.88. The number of nitrogens with two attached hydrogens (primary N) is 1. The predicted molar refractivity (Wildman–Crippen MR) is 60.1 cm³/mol. The van der Waals surface area contributed by atoms with Crippen molar-refractivity contribution >= 4 is 15.9 Å². The van der Waals surface area contributed by atoms with Crippen molar-refractivity contribution in [3.8, 4) is 12.3 Å². The molecule has 1 aromatic heterocycles. The molecule has 1 atom stereocenters. The van der Waals surface area contributed by atoms with Gasteiger partial charge in [0.05, 0.1) is 11.7 Å². The number of pyridine rings is 1. The van der Waals surface area contributed by atoms with Gasteiger partial charge in [0.15, 0.2) is 0 Å². The first kappa shape index (κ1) is 11.2. The molecule has 0 radical (unpaired) electrons. The number of rotatable bonds is 4. The summed E-state index contributed by atoms with van der Waals surface area (Å²) < 4.78 is 0.953. The summed E-state index contributed by atoms with van der Waals surface area (Å²) in [6.45, 7) is 0. The molecule has 0 amide bonds. The molecule has 1 rings (SSSR count). The zero-order valence-electron chi connectivity index (χ0n) is 7.70. The first-order valence-corrected chi connectivity index (χ1v) is 5.08. The molecule has 0 saturated heterocycles. The Bertz CT molecular complexity index is 315. The second kappa shape index (κ2) is 5.76. The van der Waals surface area contributed by atoms with Crippen LogP contribution in [0.2, 0.25) is 0 Å². The van der Waals surface area contributed by atoms with Crippen LogP contribution in [0.3, 0.4) is 0 Å². The fraction of sp³-hybridized carbons (Fsp3) is 0.300. The molecule has 3 N–H and O–H groups in total. The van der Waals surface area contributed by atoms with Crippen molar-refractivity contribution in [2.24, 2.45) is 5.84 Å². The summed E-state index contributed by atoms with van der Waals surface area (Å²) in [5.41, 5.74) is 3.61. The van der Waals surface area contributed by atoms with Gasteiger partial charge in [-0.2, -0.15) is 0 Å². The van der Waals surface area contributed by atoms with Gasteiger partial charge in [-0.1, -0.05) is 0 Å². The van der Waals surface area contributed by atoms with Gasteiger partial charge in [0.2, 0.25) is 0 Å². The Kier molecular flexibility index (Phi) is 4.60. The minimum absolute atomic E-state index is 0.0270. The summed E-state index contributed by atoms with van der Waals surface area (Å²) >= 11 is 3.32. The second-order valence-corrected chi connectivity index (χ2v) is 3.78. The molecule has 0 aliphatic rings. The average Bonchev–Trinajstić information content (AvgIpc) is 2.21. The highest BCUT2D eigenvalue weighted by Crippen LogP contribution is 2.16. The monoisotopic (exact) mass is 253 g/mol. The van der Waals surface area contributed by atoms with Gasteiger partial charge < -0.3 is 0 Å². The molecule has 0 spiro atoms. The molecule has 1 heterocycles. The van der Waals surface area contributed by atoms with Crippen LogP contribution >= 0.6 is 15.9 Å². The van der Waals surface area contributed by atoms with E-state index in [9.17, 15) is 0 Å². The lowest BCUT2D eigenvalue weighted by atomic mass is 10.1. The standard InChI is InChI=1S/C10H12BrN3/c1-2-3-4-10(14-12)9-6-5-8(11)7-13-9/h1,5-7,10,14H,3-4,12H2. The normalized spacial score (nSPS) is 12.1. The van der Waals surface area contributed by atoms with Crippen LogP contribution in [0.1, 0.15) is 24.6 Å². The van der Waals surface area contributed by atoms with Gasteiger partial charge in [-0.05, 0) is 34.5 Å². The van der Waals surface area contributed by atoms with Crippen LogP contribution in [-0.4, -0.2) is 4.98 Å². The Morgan fingerprint density at radius 1 is 1.64 bits per heavy atom. The van der Waals surface area contributed by atoms with Crippen molar-refractivity contribution in [3.63, 3.8) is 0 Å². The summed E-state index contributed by atoms with van der Waals surface area (Å²) in [4.78, 5) is 4.24. The van der Waals surface area contributed by atoms with Gasteiger partial charge in [0.25, 0.3) is 0 Å². The van der Waals surface area contributed by atoms with E-state index in [1.165, 1.54) is 0 Å². The lowest BCUT2D eigenvalue weighted by Gasteiger charge is -2.13. The molecular formula is C10H12BrN3. The van der Waals surface area contributed by atoms with Crippen LogP contribution < -0.4 is 11.3 Å². The Labute approximate surface area is 92.2 Å². The van der Waals surface area contributed by atoms with E-state index in [1.54, 1.807) is 6.20 Å². The number of terminal acetylenes is 1. The lowest BCUT2D eigenvalue weighted by molar-refractivity contribution is 0.511. The zero-order valence-corrected chi connectivity index (χ0v) is 9.29. The Balaban J connectivity index is 2.69. The largest absolute Gasteiger partial charge is 0.271 e. The molecule has 0 aliphatic heterocycles. The first-order valence-electron chi connectivity index (χ1n) is 4.29. The maximum atomic E-state index is 5.41. The van der Waals surface area contributed by atoms with Crippen molar-refractivity contribution in [2.45, 2.75) is 18.9 Å². The number of halogens is 1. The van der Waals surface area contributed by atoms with Crippen molar-refractivity contribution in [2.75, 3.05) is 0 Å². The smallest absolute Gasteiger partial charge is 0.0641 e. The molecule has 0 saturated carbocycles. The number of nitrogens with zero attached hydrogens (tertiary/aromatic N) is 1. The second-order valence-electron chi connectivity index (χ2n) is 2.86. The summed E-state index contributed by atoms with van der Waals surface area (Å²) in [6.07, 6.45) is 8.41. The quantitative estimate of drug-likeness (QED) is 0.489. The van der Waals surface area contributed by atoms with Crippen LogP contribution in [0, 0.1) is 12.3 Å². The van der Waals surface area contributed by atoms with Crippen LogP contribution in [-0.2, 0) is 0 Å². The van der Waals surface area contributed by atoms with Crippen molar-refractivity contribution in [1.82, 2.24) is 10.4 Å². The predicted octanol–water partition coefficient (Wildman–Crippen LogP) is 1.76. The molecular weight excluding hydrogens is 242 g/mol. The number of hydrogen-bond acceptors (Lipinski definition) is 3.